The Hall–Kier alpha value is 0.0700. The molecule has 0 radical (unpaired) electrons. The van der Waals surface area contributed by atoms with Crippen LogP contribution in [0, 0.1) is 11.8 Å². The summed E-state index contributed by atoms with van der Waals surface area (Å²) in [6.45, 7) is 11.4. The van der Waals surface area contributed by atoms with Gasteiger partial charge in [0.05, 0.1) is 0 Å². The second kappa shape index (κ2) is 5.82. The average molecular weight is 286 g/mol. The van der Waals surface area contributed by atoms with Crippen LogP contribution in [0.3, 0.4) is 0 Å². The quantitative estimate of drug-likeness (QED) is 0.837. The lowest BCUT2D eigenvalue weighted by atomic mass is 9.87. The van der Waals surface area contributed by atoms with Gasteiger partial charge in [-0.2, -0.15) is 0 Å². The fraction of sp³-hybridized carbons (Fsp3) is 1.00. The van der Waals surface area contributed by atoms with Crippen LogP contribution in [0.5, 0.6) is 0 Å². The predicted molar refractivity (Wildman–Crippen MR) is 82.9 cm³/mol. The third kappa shape index (κ3) is 3.59. The fourth-order valence-corrected chi connectivity index (χ4v) is 4.41. The monoisotopic (exact) mass is 286 g/mol. The van der Waals surface area contributed by atoms with Crippen molar-refractivity contribution >= 4 is 10.8 Å². The van der Waals surface area contributed by atoms with E-state index in [1.165, 1.54) is 12.8 Å². The minimum absolute atomic E-state index is 0.273. The van der Waals surface area contributed by atoms with Crippen molar-refractivity contribution in [1.82, 2.24) is 10.2 Å². The van der Waals surface area contributed by atoms with E-state index in [1.54, 1.807) is 0 Å². The van der Waals surface area contributed by atoms with Crippen molar-refractivity contribution in [2.45, 2.75) is 58.2 Å². The summed E-state index contributed by atoms with van der Waals surface area (Å²) in [5.41, 5.74) is 0.273. The molecule has 1 aliphatic heterocycles. The smallest absolute Gasteiger partial charge is 0.0385 e. The highest BCUT2D eigenvalue weighted by Crippen LogP contribution is 2.42. The maximum Gasteiger partial charge on any atom is 0.0385 e. The van der Waals surface area contributed by atoms with Crippen LogP contribution in [0.1, 0.15) is 40.5 Å². The zero-order valence-corrected chi connectivity index (χ0v) is 13.9. The van der Waals surface area contributed by atoms with Gasteiger partial charge in [0.15, 0.2) is 0 Å². The van der Waals surface area contributed by atoms with Gasteiger partial charge in [0.25, 0.3) is 0 Å². The van der Waals surface area contributed by atoms with E-state index in [0.29, 0.717) is 18.0 Å². The van der Waals surface area contributed by atoms with E-state index in [9.17, 15) is 4.21 Å². The molecule has 19 heavy (non-hydrogen) atoms. The van der Waals surface area contributed by atoms with E-state index in [2.05, 4.69) is 37.9 Å². The molecule has 1 saturated heterocycles. The van der Waals surface area contributed by atoms with E-state index >= 15 is 0 Å². The van der Waals surface area contributed by atoms with Crippen LogP contribution in [0.15, 0.2) is 0 Å². The Labute approximate surface area is 121 Å². The molecule has 1 aliphatic carbocycles. The van der Waals surface area contributed by atoms with Crippen molar-refractivity contribution < 1.29 is 4.21 Å². The van der Waals surface area contributed by atoms with Crippen LogP contribution in [0.25, 0.3) is 0 Å². The second-order valence-corrected chi connectivity index (χ2v) is 8.62. The van der Waals surface area contributed by atoms with E-state index in [0.717, 1.165) is 24.8 Å². The molecule has 4 atom stereocenters. The Kier molecular flexibility index (Phi) is 4.74. The first-order valence-electron chi connectivity index (χ1n) is 7.64. The van der Waals surface area contributed by atoms with Crippen molar-refractivity contribution in [2.24, 2.45) is 11.8 Å². The maximum atomic E-state index is 11.5. The van der Waals surface area contributed by atoms with E-state index in [1.807, 2.05) is 6.26 Å². The largest absolute Gasteiger partial charge is 0.308 e. The van der Waals surface area contributed by atoms with E-state index < -0.39 is 10.8 Å². The third-order valence-electron chi connectivity index (χ3n) is 4.94. The maximum absolute atomic E-state index is 11.5. The van der Waals surface area contributed by atoms with Gasteiger partial charge in [-0.1, -0.05) is 13.8 Å². The van der Waals surface area contributed by atoms with Gasteiger partial charge in [-0.15, -0.1) is 0 Å². The Morgan fingerprint density at radius 3 is 2.47 bits per heavy atom. The van der Waals surface area contributed by atoms with Crippen LogP contribution in [-0.4, -0.2) is 51.8 Å². The minimum atomic E-state index is -0.707. The van der Waals surface area contributed by atoms with E-state index in [4.69, 9.17) is 0 Å². The first-order valence-corrected chi connectivity index (χ1v) is 9.37. The number of nitrogens with one attached hydrogen (secondary N) is 1. The zero-order chi connectivity index (χ0) is 14.2. The Morgan fingerprint density at radius 2 is 2.00 bits per heavy atom. The highest BCUT2D eigenvalue weighted by Gasteiger charge is 2.47. The number of piperazine rings is 1. The summed E-state index contributed by atoms with van der Waals surface area (Å²) in [5, 5.41) is 3.81. The molecule has 0 bridgehead atoms. The molecule has 0 spiro atoms. The molecule has 4 heteroatoms. The molecule has 0 aromatic carbocycles. The van der Waals surface area contributed by atoms with Crippen molar-refractivity contribution in [1.29, 1.82) is 0 Å². The Morgan fingerprint density at radius 1 is 1.37 bits per heavy atom. The van der Waals surface area contributed by atoms with Gasteiger partial charge in [0.1, 0.15) is 0 Å². The SMILES string of the molecule is CC(C)C1CNC(C)(C2CC2)CN1C(C)CS(C)=O. The van der Waals surface area contributed by atoms with Gasteiger partial charge in [-0.05, 0) is 38.5 Å². The van der Waals surface area contributed by atoms with Crippen LogP contribution < -0.4 is 5.32 Å². The summed E-state index contributed by atoms with van der Waals surface area (Å²) in [7, 11) is -0.707. The van der Waals surface area contributed by atoms with Crippen LogP contribution in [-0.2, 0) is 10.8 Å². The predicted octanol–water partition coefficient (Wildman–Crippen LogP) is 1.85. The van der Waals surface area contributed by atoms with Gasteiger partial charge in [-0.25, -0.2) is 0 Å². The second-order valence-electron chi connectivity index (χ2n) is 7.15. The average Bonchev–Trinajstić information content (AvgIpc) is 3.11. The molecule has 112 valence electrons. The molecule has 1 heterocycles. The molecular formula is C15H30N2OS. The van der Waals surface area contributed by atoms with Gasteiger partial charge < -0.3 is 5.32 Å². The molecule has 2 fully saturated rings. The van der Waals surface area contributed by atoms with Gasteiger partial charge in [-0.3, -0.25) is 9.11 Å². The molecule has 2 aliphatic rings. The molecule has 0 amide bonds. The highest BCUT2D eigenvalue weighted by atomic mass is 32.2. The molecule has 0 aromatic rings. The molecule has 0 aromatic heterocycles. The molecule has 2 rings (SSSR count). The lowest BCUT2D eigenvalue weighted by Crippen LogP contribution is -2.67. The van der Waals surface area contributed by atoms with Crippen LogP contribution in [0.2, 0.25) is 0 Å². The Balaban J connectivity index is 2.09. The van der Waals surface area contributed by atoms with Gasteiger partial charge >= 0.3 is 0 Å². The summed E-state index contributed by atoms with van der Waals surface area (Å²) in [6, 6.07) is 0.990. The van der Waals surface area contributed by atoms with Gasteiger partial charge in [0.2, 0.25) is 0 Å². The normalized spacial score (nSPS) is 36.4. The van der Waals surface area contributed by atoms with Crippen LogP contribution >= 0.6 is 0 Å². The first kappa shape index (κ1) is 15.5. The lowest BCUT2D eigenvalue weighted by molar-refractivity contribution is 0.0302. The Bertz CT molecular complexity index is 343. The molecule has 1 saturated carbocycles. The summed E-state index contributed by atoms with van der Waals surface area (Å²) >= 11 is 0. The summed E-state index contributed by atoms with van der Waals surface area (Å²) in [5.74, 6) is 2.29. The van der Waals surface area contributed by atoms with Crippen molar-refractivity contribution in [3.05, 3.63) is 0 Å². The first-order chi connectivity index (χ1) is 8.83. The summed E-state index contributed by atoms with van der Waals surface area (Å²) in [4.78, 5) is 2.63. The summed E-state index contributed by atoms with van der Waals surface area (Å²) in [6.07, 6.45) is 4.57. The van der Waals surface area contributed by atoms with Crippen molar-refractivity contribution in [3.63, 3.8) is 0 Å². The zero-order valence-electron chi connectivity index (χ0n) is 13.1. The van der Waals surface area contributed by atoms with Crippen molar-refractivity contribution in [3.8, 4) is 0 Å². The van der Waals surface area contributed by atoms with Crippen molar-refractivity contribution in [2.75, 3.05) is 25.1 Å². The number of hydrogen-bond donors (Lipinski definition) is 1. The van der Waals surface area contributed by atoms with Gasteiger partial charge in [0, 0.05) is 53.5 Å². The van der Waals surface area contributed by atoms with Crippen LogP contribution in [0.4, 0.5) is 0 Å². The molecular weight excluding hydrogens is 256 g/mol. The molecule has 4 unspecified atom stereocenters. The third-order valence-corrected chi connectivity index (χ3v) is 5.89. The number of nitrogens with zero attached hydrogens (tertiary/aromatic N) is 1. The minimum Gasteiger partial charge on any atom is -0.308 e. The fourth-order valence-electron chi connectivity index (χ4n) is 3.54. The topological polar surface area (TPSA) is 32.3 Å². The molecule has 1 N–H and O–H groups in total. The lowest BCUT2D eigenvalue weighted by Gasteiger charge is -2.50. The number of hydrogen-bond acceptors (Lipinski definition) is 3. The number of rotatable bonds is 5. The summed E-state index contributed by atoms with van der Waals surface area (Å²) < 4.78 is 11.5. The standard InChI is InChI=1S/C15H30N2OS/c1-11(2)14-8-16-15(4,13-6-7-13)10-17(14)12(3)9-19(5)18/h11-14,16H,6-10H2,1-5H3. The highest BCUT2D eigenvalue weighted by molar-refractivity contribution is 7.84. The van der Waals surface area contributed by atoms with E-state index in [-0.39, 0.29) is 5.54 Å². The molecule has 3 nitrogen and oxygen atoms in total.